The number of benzene rings is 2. The number of urea groups is 1. The van der Waals surface area contributed by atoms with Crippen LogP contribution in [-0.2, 0) is 6.42 Å². The average molecular weight is 347 g/mol. The molecule has 3 aromatic rings. The fraction of sp³-hybridized carbons (Fsp3) is 0.143. The van der Waals surface area contributed by atoms with E-state index in [9.17, 15) is 4.79 Å². The first-order valence-electron chi connectivity index (χ1n) is 8.58. The zero-order valence-electron chi connectivity index (χ0n) is 14.6. The molecule has 5 heteroatoms. The molecule has 0 aliphatic carbocycles. The molecule has 0 aliphatic rings. The van der Waals surface area contributed by atoms with Crippen molar-refractivity contribution in [2.45, 2.75) is 19.8 Å². The smallest absolute Gasteiger partial charge is 0.323 e. The van der Waals surface area contributed by atoms with Crippen molar-refractivity contribution in [1.29, 1.82) is 0 Å². The van der Waals surface area contributed by atoms with E-state index in [4.69, 9.17) is 4.74 Å². The van der Waals surface area contributed by atoms with Gasteiger partial charge in [0.25, 0.3) is 0 Å². The summed E-state index contributed by atoms with van der Waals surface area (Å²) in [6.07, 6.45) is 5.49. The third kappa shape index (κ3) is 5.08. The summed E-state index contributed by atoms with van der Waals surface area (Å²) in [6, 6.07) is 18.4. The Morgan fingerprint density at radius 1 is 0.846 bits per heavy atom. The van der Waals surface area contributed by atoms with Gasteiger partial charge in [0.05, 0.1) is 0 Å². The minimum absolute atomic E-state index is 0.281. The maximum Gasteiger partial charge on any atom is 0.323 e. The predicted octanol–water partition coefficient (Wildman–Crippen LogP) is 5.47. The summed E-state index contributed by atoms with van der Waals surface area (Å²) >= 11 is 0. The number of nitrogens with one attached hydrogen (secondary N) is 2. The van der Waals surface area contributed by atoms with Gasteiger partial charge in [-0.05, 0) is 60.5 Å². The first-order chi connectivity index (χ1) is 12.7. The van der Waals surface area contributed by atoms with Gasteiger partial charge in [-0.2, -0.15) is 0 Å². The molecule has 1 heterocycles. The van der Waals surface area contributed by atoms with Crippen LogP contribution in [0.25, 0.3) is 0 Å². The van der Waals surface area contributed by atoms with E-state index in [1.807, 2.05) is 24.3 Å². The van der Waals surface area contributed by atoms with Crippen LogP contribution >= 0.6 is 0 Å². The van der Waals surface area contributed by atoms with Gasteiger partial charge in [-0.3, -0.25) is 4.98 Å². The molecule has 26 heavy (non-hydrogen) atoms. The number of anilines is 2. The van der Waals surface area contributed by atoms with E-state index in [0.717, 1.165) is 18.5 Å². The minimum Gasteiger partial charge on any atom is -0.457 e. The number of carbonyl (C=O) groups excluding carboxylic acids is 1. The first-order valence-corrected chi connectivity index (χ1v) is 8.58. The van der Waals surface area contributed by atoms with E-state index in [1.54, 1.807) is 48.8 Å². The van der Waals surface area contributed by atoms with E-state index in [0.29, 0.717) is 17.2 Å². The molecule has 0 bridgehead atoms. The Morgan fingerprint density at radius 3 is 1.96 bits per heavy atom. The number of hydrogen-bond donors (Lipinski definition) is 2. The summed E-state index contributed by atoms with van der Waals surface area (Å²) in [5.74, 6) is 1.40. The first kappa shape index (κ1) is 17.5. The Morgan fingerprint density at radius 2 is 1.38 bits per heavy atom. The van der Waals surface area contributed by atoms with Crippen molar-refractivity contribution in [2.24, 2.45) is 0 Å². The monoisotopic (exact) mass is 347 g/mol. The number of carbonyl (C=O) groups is 1. The quantitative estimate of drug-likeness (QED) is 0.621. The molecule has 0 aliphatic heterocycles. The number of ether oxygens (including phenoxy) is 1. The number of hydrogen-bond acceptors (Lipinski definition) is 3. The van der Waals surface area contributed by atoms with Gasteiger partial charge < -0.3 is 15.4 Å². The van der Waals surface area contributed by atoms with Crippen molar-refractivity contribution < 1.29 is 9.53 Å². The van der Waals surface area contributed by atoms with E-state index < -0.39 is 0 Å². The van der Waals surface area contributed by atoms with Crippen molar-refractivity contribution in [3.8, 4) is 11.5 Å². The van der Waals surface area contributed by atoms with Crippen LogP contribution < -0.4 is 15.4 Å². The topological polar surface area (TPSA) is 63.2 Å². The fourth-order valence-corrected chi connectivity index (χ4v) is 2.49. The molecule has 0 radical (unpaired) electrons. The molecule has 1 aromatic heterocycles. The number of amides is 2. The van der Waals surface area contributed by atoms with Crippen molar-refractivity contribution >= 4 is 17.4 Å². The van der Waals surface area contributed by atoms with E-state index >= 15 is 0 Å². The van der Waals surface area contributed by atoms with Gasteiger partial charge in [0.2, 0.25) is 0 Å². The van der Waals surface area contributed by atoms with E-state index in [2.05, 4.69) is 22.5 Å². The highest BCUT2D eigenvalue weighted by Crippen LogP contribution is 2.22. The highest BCUT2D eigenvalue weighted by atomic mass is 16.5. The molecule has 5 nitrogen and oxygen atoms in total. The zero-order valence-corrected chi connectivity index (χ0v) is 14.6. The Labute approximate surface area is 153 Å². The van der Waals surface area contributed by atoms with Crippen molar-refractivity contribution in [2.75, 3.05) is 10.6 Å². The van der Waals surface area contributed by atoms with Crippen LogP contribution in [0.3, 0.4) is 0 Å². The van der Waals surface area contributed by atoms with Crippen molar-refractivity contribution in [3.63, 3.8) is 0 Å². The number of pyridine rings is 1. The molecular weight excluding hydrogens is 326 g/mol. The molecule has 0 unspecified atom stereocenters. The highest BCUT2D eigenvalue weighted by molar-refractivity contribution is 5.99. The van der Waals surface area contributed by atoms with Crippen LogP contribution in [0.4, 0.5) is 16.2 Å². The molecule has 132 valence electrons. The van der Waals surface area contributed by atoms with Gasteiger partial charge >= 0.3 is 6.03 Å². The summed E-state index contributed by atoms with van der Waals surface area (Å²) < 4.78 is 5.70. The number of rotatable bonds is 6. The van der Waals surface area contributed by atoms with Gasteiger partial charge in [-0.15, -0.1) is 0 Å². The molecule has 2 amide bonds. The van der Waals surface area contributed by atoms with Crippen LogP contribution in [0.5, 0.6) is 11.5 Å². The summed E-state index contributed by atoms with van der Waals surface area (Å²) in [6.45, 7) is 2.15. The standard InChI is InChI=1S/C21H21N3O2/c1-2-3-16-4-6-17(7-5-16)23-21(25)24-18-8-10-19(11-9-18)26-20-12-14-22-15-13-20/h4-15H,2-3H2,1H3,(H2,23,24,25). The molecule has 0 atom stereocenters. The lowest BCUT2D eigenvalue weighted by Gasteiger charge is -2.09. The molecule has 0 saturated heterocycles. The van der Waals surface area contributed by atoms with Crippen molar-refractivity contribution in [1.82, 2.24) is 4.98 Å². The summed E-state index contributed by atoms with van der Waals surface area (Å²) in [4.78, 5) is 16.1. The molecular formula is C21H21N3O2. The van der Waals surface area contributed by atoms with Crippen LogP contribution in [0.1, 0.15) is 18.9 Å². The summed E-state index contributed by atoms with van der Waals surface area (Å²) in [5, 5.41) is 5.63. The largest absolute Gasteiger partial charge is 0.457 e. The zero-order chi connectivity index (χ0) is 18.2. The third-order valence-electron chi connectivity index (χ3n) is 3.75. The van der Waals surface area contributed by atoms with Crippen LogP contribution in [-0.4, -0.2) is 11.0 Å². The third-order valence-corrected chi connectivity index (χ3v) is 3.75. The molecule has 0 saturated carbocycles. The molecule has 2 aromatic carbocycles. The second-order valence-electron chi connectivity index (χ2n) is 5.84. The number of nitrogens with zero attached hydrogens (tertiary/aromatic N) is 1. The van der Waals surface area contributed by atoms with Crippen LogP contribution in [0.15, 0.2) is 73.1 Å². The lowest BCUT2D eigenvalue weighted by Crippen LogP contribution is -2.19. The maximum atomic E-state index is 12.1. The number of aryl methyl sites for hydroxylation is 1. The minimum atomic E-state index is -0.281. The van der Waals surface area contributed by atoms with E-state index in [1.165, 1.54) is 5.56 Å². The van der Waals surface area contributed by atoms with E-state index in [-0.39, 0.29) is 6.03 Å². The SMILES string of the molecule is CCCc1ccc(NC(=O)Nc2ccc(Oc3ccncc3)cc2)cc1. The molecule has 2 N–H and O–H groups in total. The second kappa shape index (κ2) is 8.67. The summed E-state index contributed by atoms with van der Waals surface area (Å²) in [7, 11) is 0. The van der Waals surface area contributed by atoms with Gasteiger partial charge in [0.15, 0.2) is 0 Å². The number of aromatic nitrogens is 1. The lowest BCUT2D eigenvalue weighted by atomic mass is 10.1. The highest BCUT2D eigenvalue weighted by Gasteiger charge is 2.04. The average Bonchev–Trinajstić information content (AvgIpc) is 2.66. The summed E-state index contributed by atoms with van der Waals surface area (Å²) in [5.41, 5.74) is 2.72. The van der Waals surface area contributed by atoms with Gasteiger partial charge in [0.1, 0.15) is 11.5 Å². The Balaban J connectivity index is 1.54. The normalized spacial score (nSPS) is 10.2. The second-order valence-corrected chi connectivity index (χ2v) is 5.84. The molecule has 0 spiro atoms. The van der Waals surface area contributed by atoms with Gasteiger partial charge in [0, 0.05) is 23.8 Å². The Hall–Kier alpha value is -3.34. The predicted molar refractivity (Wildman–Crippen MR) is 104 cm³/mol. The Bertz CT molecular complexity index is 831. The van der Waals surface area contributed by atoms with Crippen molar-refractivity contribution in [3.05, 3.63) is 78.6 Å². The Kier molecular flexibility index (Phi) is 5.83. The lowest BCUT2D eigenvalue weighted by molar-refractivity contribution is 0.262. The maximum absolute atomic E-state index is 12.1. The fourth-order valence-electron chi connectivity index (χ4n) is 2.49. The van der Waals surface area contributed by atoms with Crippen LogP contribution in [0.2, 0.25) is 0 Å². The van der Waals surface area contributed by atoms with Gasteiger partial charge in [-0.1, -0.05) is 25.5 Å². The molecule has 3 rings (SSSR count). The van der Waals surface area contributed by atoms with Gasteiger partial charge in [-0.25, -0.2) is 4.79 Å². The molecule has 0 fully saturated rings. The van der Waals surface area contributed by atoms with Crippen LogP contribution in [0, 0.1) is 0 Å².